The van der Waals surface area contributed by atoms with Crippen molar-refractivity contribution in [2.24, 2.45) is 5.92 Å². The van der Waals surface area contributed by atoms with Gasteiger partial charge in [-0.25, -0.2) is 0 Å². The van der Waals surface area contributed by atoms with Gasteiger partial charge in [0.05, 0.1) is 12.5 Å². The van der Waals surface area contributed by atoms with Crippen molar-refractivity contribution in [1.82, 2.24) is 0 Å². The van der Waals surface area contributed by atoms with Crippen molar-refractivity contribution in [3.63, 3.8) is 0 Å². The predicted octanol–water partition coefficient (Wildman–Crippen LogP) is 5.50. The van der Waals surface area contributed by atoms with Gasteiger partial charge in [0.2, 0.25) is 0 Å². The molecule has 0 aromatic heterocycles. The van der Waals surface area contributed by atoms with Crippen molar-refractivity contribution in [1.29, 1.82) is 0 Å². The highest BCUT2D eigenvalue weighted by atomic mass is 16.5. The normalized spacial score (nSPS) is 12.4. The molecule has 114 valence electrons. The van der Waals surface area contributed by atoms with E-state index in [0.29, 0.717) is 6.61 Å². The van der Waals surface area contributed by atoms with Gasteiger partial charge in [-0.3, -0.25) is 4.79 Å². The molecule has 0 heterocycles. The van der Waals surface area contributed by atoms with Crippen LogP contribution in [0.3, 0.4) is 0 Å². The Morgan fingerprint density at radius 1 is 0.842 bits per heavy atom. The molecule has 0 amide bonds. The summed E-state index contributed by atoms with van der Waals surface area (Å²) in [4.78, 5) is 11.9. The summed E-state index contributed by atoms with van der Waals surface area (Å²) in [6.45, 7) is 7.13. The quantitative estimate of drug-likeness (QED) is 0.326. The summed E-state index contributed by atoms with van der Waals surface area (Å²) in [5.41, 5.74) is 0. The van der Waals surface area contributed by atoms with E-state index in [0.717, 1.165) is 25.7 Å². The molecule has 0 rings (SSSR count). The minimum absolute atomic E-state index is 0.0344. The maximum atomic E-state index is 11.9. The summed E-state index contributed by atoms with van der Waals surface area (Å²) in [7, 11) is 0. The Morgan fingerprint density at radius 2 is 1.42 bits per heavy atom. The van der Waals surface area contributed by atoms with E-state index in [1.165, 1.54) is 44.9 Å². The van der Waals surface area contributed by atoms with Crippen LogP contribution in [0.4, 0.5) is 0 Å². The molecular weight excluding hydrogens is 236 g/mol. The van der Waals surface area contributed by atoms with E-state index < -0.39 is 0 Å². The first-order chi connectivity index (χ1) is 9.26. The highest BCUT2D eigenvalue weighted by Crippen LogP contribution is 2.15. The van der Waals surface area contributed by atoms with Gasteiger partial charge in [-0.15, -0.1) is 0 Å². The van der Waals surface area contributed by atoms with Crippen LogP contribution < -0.4 is 0 Å². The lowest BCUT2D eigenvalue weighted by Gasteiger charge is -2.13. The molecule has 0 radical (unpaired) electrons. The Balaban J connectivity index is 3.53. The molecule has 0 aromatic carbocycles. The summed E-state index contributed by atoms with van der Waals surface area (Å²) < 4.78 is 5.39. The Bertz CT molecular complexity index is 201. The van der Waals surface area contributed by atoms with Crippen molar-refractivity contribution in [2.75, 3.05) is 6.61 Å². The van der Waals surface area contributed by atoms with Gasteiger partial charge >= 0.3 is 5.97 Å². The second-order valence-electron chi connectivity index (χ2n) is 5.54. The summed E-state index contributed by atoms with van der Waals surface area (Å²) in [6, 6.07) is 0. The third-order valence-electron chi connectivity index (χ3n) is 3.72. The molecule has 0 spiro atoms. The first-order valence-corrected chi connectivity index (χ1v) is 8.42. The highest BCUT2D eigenvalue weighted by Gasteiger charge is 2.16. The van der Waals surface area contributed by atoms with Gasteiger partial charge in [-0.2, -0.15) is 0 Å². The minimum atomic E-state index is 0.0344. The summed E-state index contributed by atoms with van der Waals surface area (Å²) in [6.07, 6.45) is 12.9. The SMILES string of the molecule is CCCCCCCCOC(=O)[C@@H](CC)CCCCC. The molecule has 19 heavy (non-hydrogen) atoms. The Morgan fingerprint density at radius 3 is 2.05 bits per heavy atom. The van der Waals surface area contributed by atoms with Crippen LogP contribution >= 0.6 is 0 Å². The zero-order valence-electron chi connectivity index (χ0n) is 13.4. The zero-order chi connectivity index (χ0) is 14.3. The highest BCUT2D eigenvalue weighted by molar-refractivity contribution is 5.72. The molecule has 0 saturated heterocycles. The van der Waals surface area contributed by atoms with E-state index in [1.54, 1.807) is 0 Å². The molecule has 1 atom stereocenters. The van der Waals surface area contributed by atoms with Crippen LogP contribution in [0.2, 0.25) is 0 Å². The molecule has 0 aliphatic carbocycles. The van der Waals surface area contributed by atoms with Crippen LogP contribution in [0.5, 0.6) is 0 Å². The maximum Gasteiger partial charge on any atom is 0.308 e. The summed E-state index contributed by atoms with van der Waals surface area (Å²) in [5, 5.41) is 0. The largest absolute Gasteiger partial charge is 0.465 e. The average Bonchev–Trinajstić information content (AvgIpc) is 2.42. The molecule has 0 aromatic rings. The lowest BCUT2D eigenvalue weighted by Crippen LogP contribution is -2.17. The lowest BCUT2D eigenvalue weighted by molar-refractivity contribution is -0.149. The van der Waals surface area contributed by atoms with Gasteiger partial charge in [0.1, 0.15) is 0 Å². The molecule has 0 saturated carbocycles. The second kappa shape index (κ2) is 13.9. The standard InChI is InChI=1S/C17H34O2/c1-4-7-9-10-11-13-15-19-17(18)16(6-3)14-12-8-5-2/h16H,4-15H2,1-3H3/t16-/m0/s1. The van der Waals surface area contributed by atoms with Crippen molar-refractivity contribution < 1.29 is 9.53 Å². The van der Waals surface area contributed by atoms with Crippen LogP contribution in [0.15, 0.2) is 0 Å². The summed E-state index contributed by atoms with van der Waals surface area (Å²) in [5.74, 6) is 0.166. The van der Waals surface area contributed by atoms with Crippen LogP contribution in [0.1, 0.15) is 91.4 Å². The smallest absolute Gasteiger partial charge is 0.308 e. The molecule has 0 unspecified atom stereocenters. The van der Waals surface area contributed by atoms with Crippen molar-refractivity contribution >= 4 is 5.97 Å². The number of rotatable bonds is 13. The van der Waals surface area contributed by atoms with E-state index in [2.05, 4.69) is 20.8 Å². The minimum Gasteiger partial charge on any atom is -0.465 e. The van der Waals surface area contributed by atoms with Crippen LogP contribution in [-0.4, -0.2) is 12.6 Å². The predicted molar refractivity (Wildman–Crippen MR) is 82.3 cm³/mol. The average molecular weight is 270 g/mol. The van der Waals surface area contributed by atoms with Gasteiger partial charge < -0.3 is 4.74 Å². The molecular formula is C17H34O2. The van der Waals surface area contributed by atoms with Crippen LogP contribution in [-0.2, 0) is 9.53 Å². The number of carbonyl (C=O) groups is 1. The fourth-order valence-corrected chi connectivity index (χ4v) is 2.30. The zero-order valence-corrected chi connectivity index (χ0v) is 13.4. The van der Waals surface area contributed by atoms with Crippen LogP contribution in [0.25, 0.3) is 0 Å². The van der Waals surface area contributed by atoms with Gasteiger partial charge in [0, 0.05) is 0 Å². The van der Waals surface area contributed by atoms with Crippen LogP contribution in [0, 0.1) is 5.92 Å². The van der Waals surface area contributed by atoms with E-state index in [9.17, 15) is 4.79 Å². The molecule has 2 nitrogen and oxygen atoms in total. The van der Waals surface area contributed by atoms with Crippen molar-refractivity contribution in [3.8, 4) is 0 Å². The van der Waals surface area contributed by atoms with Crippen molar-refractivity contribution in [3.05, 3.63) is 0 Å². The van der Waals surface area contributed by atoms with Gasteiger partial charge in [-0.1, -0.05) is 72.1 Å². The van der Waals surface area contributed by atoms with E-state index in [4.69, 9.17) is 4.74 Å². The third-order valence-corrected chi connectivity index (χ3v) is 3.72. The lowest BCUT2D eigenvalue weighted by atomic mass is 9.99. The van der Waals surface area contributed by atoms with Gasteiger partial charge in [0.15, 0.2) is 0 Å². The molecule has 0 bridgehead atoms. The fraction of sp³-hybridized carbons (Fsp3) is 0.941. The molecule has 0 fully saturated rings. The molecule has 0 aliphatic rings. The number of carbonyl (C=O) groups excluding carboxylic acids is 1. The fourth-order valence-electron chi connectivity index (χ4n) is 2.30. The summed E-state index contributed by atoms with van der Waals surface area (Å²) >= 11 is 0. The maximum absolute atomic E-state index is 11.9. The first-order valence-electron chi connectivity index (χ1n) is 8.42. The Labute approximate surface area is 120 Å². The van der Waals surface area contributed by atoms with Gasteiger partial charge in [-0.05, 0) is 19.3 Å². The molecule has 0 N–H and O–H groups in total. The first kappa shape index (κ1) is 18.5. The third kappa shape index (κ3) is 11.0. The topological polar surface area (TPSA) is 26.3 Å². The van der Waals surface area contributed by atoms with Crippen molar-refractivity contribution in [2.45, 2.75) is 91.4 Å². The van der Waals surface area contributed by atoms with Gasteiger partial charge in [0.25, 0.3) is 0 Å². The molecule has 2 heteroatoms. The number of hydrogen-bond acceptors (Lipinski definition) is 2. The van der Waals surface area contributed by atoms with E-state index in [-0.39, 0.29) is 11.9 Å². The Kier molecular flexibility index (Phi) is 13.5. The second-order valence-corrected chi connectivity index (χ2v) is 5.54. The monoisotopic (exact) mass is 270 g/mol. The number of ether oxygens (including phenoxy) is 1. The number of unbranched alkanes of at least 4 members (excludes halogenated alkanes) is 7. The number of esters is 1. The van der Waals surface area contributed by atoms with E-state index >= 15 is 0 Å². The Hall–Kier alpha value is -0.530. The van der Waals surface area contributed by atoms with E-state index in [1.807, 2.05) is 0 Å². The number of hydrogen-bond donors (Lipinski definition) is 0. The molecule has 0 aliphatic heterocycles.